The minimum absolute atomic E-state index is 0. The molecule has 0 bridgehead atoms. The van der Waals surface area contributed by atoms with Crippen LogP contribution in [0.5, 0.6) is 0 Å². The van der Waals surface area contributed by atoms with E-state index in [0.717, 1.165) is 0 Å². The summed E-state index contributed by atoms with van der Waals surface area (Å²) in [5.41, 5.74) is 9.81. The minimum atomic E-state index is -5.39. The SMILES string of the molecule is NCCN.O=P([O-])([O-])[O-].[Mg+2].[Zn+2]. The third-order valence-corrected chi connectivity index (χ3v) is 0.167. The van der Waals surface area contributed by atoms with Crippen molar-refractivity contribution in [3.05, 3.63) is 0 Å². The third-order valence-electron chi connectivity index (χ3n) is 0.167. The van der Waals surface area contributed by atoms with Crippen LogP contribution in [0.2, 0.25) is 0 Å². The summed E-state index contributed by atoms with van der Waals surface area (Å²) in [6.07, 6.45) is 0. The maximum Gasteiger partial charge on any atom is 2.00 e. The number of hydrogen-bond donors (Lipinski definition) is 2. The number of rotatable bonds is 1. The van der Waals surface area contributed by atoms with E-state index < -0.39 is 7.82 Å². The van der Waals surface area contributed by atoms with Crippen LogP contribution in [0.3, 0.4) is 0 Å². The Kier molecular flexibility index (Phi) is 29.0. The molecule has 0 aromatic heterocycles. The standard InChI is InChI=1S/C2H8N2.Mg.H3O4P.Zn/c3-1-2-4;;1-5(2,3)4;/h1-4H2;;(H3,1,2,3,4);/q;+2;;+2/p-3. The Morgan fingerprint density at radius 3 is 1.18 bits per heavy atom. The maximum absolute atomic E-state index is 8.55. The van der Waals surface area contributed by atoms with Crippen LogP contribution in [-0.2, 0) is 24.0 Å². The van der Waals surface area contributed by atoms with E-state index in [9.17, 15) is 0 Å². The van der Waals surface area contributed by atoms with Crippen molar-refractivity contribution in [2.45, 2.75) is 0 Å². The van der Waals surface area contributed by atoms with Crippen LogP contribution in [0.15, 0.2) is 0 Å². The molecule has 0 aliphatic heterocycles. The van der Waals surface area contributed by atoms with Gasteiger partial charge in [0.1, 0.15) is 0 Å². The normalized spacial score (nSPS) is 8.09. The molecule has 0 unspecified atom stereocenters. The first-order chi connectivity index (χ1) is 3.91. The monoisotopic (exact) mass is 243 g/mol. The van der Waals surface area contributed by atoms with Crippen molar-refractivity contribution in [1.29, 1.82) is 0 Å². The van der Waals surface area contributed by atoms with Gasteiger partial charge in [-0.2, -0.15) is 7.82 Å². The zero-order valence-corrected chi connectivity index (χ0v) is 11.3. The van der Waals surface area contributed by atoms with E-state index in [0.29, 0.717) is 13.1 Å². The summed E-state index contributed by atoms with van der Waals surface area (Å²) in [6.45, 7) is 1.19. The Balaban J connectivity index is -0.0000000383. The second kappa shape index (κ2) is 14.0. The van der Waals surface area contributed by atoms with Crippen LogP contribution >= 0.6 is 7.82 Å². The van der Waals surface area contributed by atoms with E-state index in [2.05, 4.69) is 0 Å². The predicted molar refractivity (Wildman–Crippen MR) is 31.5 cm³/mol. The average molecular weight is 245 g/mol. The molecule has 9 heteroatoms. The summed E-state index contributed by atoms with van der Waals surface area (Å²) in [5, 5.41) is 0. The maximum atomic E-state index is 8.55. The van der Waals surface area contributed by atoms with Gasteiger partial charge in [0.15, 0.2) is 0 Å². The molecule has 0 aliphatic rings. The molecule has 4 N–H and O–H groups in total. The first kappa shape index (κ1) is 22.8. The minimum Gasteiger partial charge on any atom is -0.822 e. The molecule has 0 radical (unpaired) electrons. The first-order valence-electron chi connectivity index (χ1n) is 2.05. The molecule has 58 valence electrons. The molecule has 0 spiro atoms. The molecular formula is C2H8MgN2O4PZn+. The second-order valence-electron chi connectivity index (χ2n) is 1.02. The molecule has 6 nitrogen and oxygen atoms in total. The molecule has 0 aliphatic carbocycles. The first-order valence-corrected chi connectivity index (χ1v) is 3.51. The predicted octanol–water partition coefficient (Wildman–Crippen LogP) is -4.30. The van der Waals surface area contributed by atoms with Gasteiger partial charge in [0.25, 0.3) is 0 Å². The van der Waals surface area contributed by atoms with Gasteiger partial charge in [0, 0.05) is 13.1 Å². The Morgan fingerprint density at radius 1 is 1.09 bits per heavy atom. The van der Waals surface area contributed by atoms with E-state index in [1.165, 1.54) is 0 Å². The van der Waals surface area contributed by atoms with Gasteiger partial charge < -0.3 is 30.7 Å². The van der Waals surface area contributed by atoms with Gasteiger partial charge in [-0.1, -0.05) is 0 Å². The van der Waals surface area contributed by atoms with E-state index in [-0.39, 0.29) is 42.5 Å². The average Bonchev–Trinajstić information content (AvgIpc) is 1.61. The zero-order chi connectivity index (χ0) is 7.91. The quantitative estimate of drug-likeness (QED) is 0.353. The van der Waals surface area contributed by atoms with Crippen LogP contribution in [0, 0.1) is 0 Å². The molecule has 0 saturated carbocycles. The molecule has 0 amide bonds. The molecular weight excluding hydrogens is 237 g/mol. The van der Waals surface area contributed by atoms with E-state index in [1.807, 2.05) is 0 Å². The molecule has 11 heavy (non-hydrogen) atoms. The topological polar surface area (TPSA) is 138 Å². The van der Waals surface area contributed by atoms with Crippen molar-refractivity contribution < 1.29 is 38.7 Å². The van der Waals surface area contributed by atoms with E-state index in [4.69, 9.17) is 30.7 Å². The summed E-state index contributed by atoms with van der Waals surface area (Å²) in [4.78, 5) is 25.6. The van der Waals surface area contributed by atoms with Crippen LogP contribution in [0.25, 0.3) is 0 Å². The van der Waals surface area contributed by atoms with Gasteiger partial charge in [-0.15, -0.1) is 0 Å². The van der Waals surface area contributed by atoms with Gasteiger partial charge in [0.05, 0.1) is 0 Å². The summed E-state index contributed by atoms with van der Waals surface area (Å²) in [5.74, 6) is 0. The fourth-order valence-electron chi connectivity index (χ4n) is 0. The number of hydrogen-bond acceptors (Lipinski definition) is 6. The van der Waals surface area contributed by atoms with Gasteiger partial charge >= 0.3 is 42.5 Å². The summed E-state index contributed by atoms with van der Waals surface area (Å²) in [7, 11) is -5.39. The fraction of sp³-hybridized carbons (Fsp3) is 1.00. The molecule has 0 heterocycles. The van der Waals surface area contributed by atoms with Crippen LogP contribution in [0.1, 0.15) is 0 Å². The van der Waals surface area contributed by atoms with Crippen LogP contribution in [0.4, 0.5) is 0 Å². The van der Waals surface area contributed by atoms with Crippen molar-refractivity contribution in [2.24, 2.45) is 11.5 Å². The third kappa shape index (κ3) is 173. The number of phosphoric acid groups is 1. The largest absolute Gasteiger partial charge is 2.00 e. The van der Waals surface area contributed by atoms with Gasteiger partial charge in [-0.3, -0.25) is 0 Å². The second-order valence-corrected chi connectivity index (χ2v) is 1.92. The van der Waals surface area contributed by atoms with Crippen LogP contribution in [-0.4, -0.2) is 36.1 Å². The summed E-state index contributed by atoms with van der Waals surface area (Å²) >= 11 is 0. The Labute approximate surface area is 93.9 Å². The molecule has 0 atom stereocenters. The van der Waals surface area contributed by atoms with E-state index >= 15 is 0 Å². The zero-order valence-electron chi connectivity index (χ0n) is 6.06. The van der Waals surface area contributed by atoms with Crippen molar-refractivity contribution in [1.82, 2.24) is 0 Å². The van der Waals surface area contributed by atoms with E-state index in [1.54, 1.807) is 0 Å². The van der Waals surface area contributed by atoms with Gasteiger partial charge in [0.2, 0.25) is 0 Å². The smallest absolute Gasteiger partial charge is 0.822 e. The summed E-state index contributed by atoms with van der Waals surface area (Å²) in [6, 6.07) is 0. The van der Waals surface area contributed by atoms with Crippen molar-refractivity contribution >= 4 is 30.9 Å². The fourth-order valence-corrected chi connectivity index (χ4v) is 0. The molecule has 0 saturated heterocycles. The molecule has 0 aromatic carbocycles. The van der Waals surface area contributed by atoms with Crippen molar-refractivity contribution in [2.75, 3.05) is 13.1 Å². The Hall–Kier alpha value is 1.42. The van der Waals surface area contributed by atoms with Crippen molar-refractivity contribution in [3.63, 3.8) is 0 Å². The molecule has 0 rings (SSSR count). The summed E-state index contributed by atoms with van der Waals surface area (Å²) < 4.78 is 8.55. The van der Waals surface area contributed by atoms with Crippen molar-refractivity contribution in [3.8, 4) is 0 Å². The van der Waals surface area contributed by atoms with Gasteiger partial charge in [-0.25, -0.2) is 0 Å². The Morgan fingerprint density at radius 2 is 1.18 bits per heavy atom. The Bertz CT molecular complexity index is 89.8. The van der Waals surface area contributed by atoms with Gasteiger partial charge in [-0.05, 0) is 0 Å². The molecule has 0 fully saturated rings. The number of nitrogens with two attached hydrogens (primary N) is 2. The van der Waals surface area contributed by atoms with Crippen LogP contribution < -0.4 is 26.1 Å². The molecule has 0 aromatic rings.